The lowest BCUT2D eigenvalue weighted by Gasteiger charge is -1.88. The molecule has 0 radical (unpaired) electrons. The van der Waals surface area contributed by atoms with Crippen LogP contribution in [0, 0.1) is 13.8 Å². The largest absolute Gasteiger partial charge is 0.466 e. The molecule has 5 rings (SSSR count). The van der Waals surface area contributed by atoms with Gasteiger partial charge in [0.25, 0.3) is 0 Å². The van der Waals surface area contributed by atoms with Crippen molar-refractivity contribution in [3.63, 3.8) is 0 Å². The van der Waals surface area contributed by atoms with Crippen LogP contribution < -0.4 is 0 Å². The van der Waals surface area contributed by atoms with Crippen LogP contribution in [0.15, 0.2) is 52.4 Å². The Kier molecular flexibility index (Phi) is 18.1. The smallest absolute Gasteiger partial charge is 0.330 e. The summed E-state index contributed by atoms with van der Waals surface area (Å²) in [6.45, 7) is 9.13. The number of aromatic nitrogens is 2. The molecule has 8 nitrogen and oxygen atoms in total. The molecule has 12 heteroatoms. The summed E-state index contributed by atoms with van der Waals surface area (Å²) in [5.41, 5.74) is 3.67. The van der Waals surface area contributed by atoms with Gasteiger partial charge >= 0.3 is 11.9 Å². The van der Waals surface area contributed by atoms with E-state index >= 15 is 0 Å². The fourth-order valence-electron chi connectivity index (χ4n) is 3.14. The summed E-state index contributed by atoms with van der Waals surface area (Å²) in [7, 11) is 2.67. The van der Waals surface area contributed by atoms with Gasteiger partial charge in [-0.3, -0.25) is 4.79 Å². The predicted octanol–water partition coefficient (Wildman–Crippen LogP) is 8.51. The Labute approximate surface area is 280 Å². The van der Waals surface area contributed by atoms with Crippen LogP contribution in [0.2, 0.25) is 0 Å². The number of thiophene rings is 2. The number of carbonyl (C=O) groups is 3. The third-order valence-corrected chi connectivity index (χ3v) is 8.75. The lowest BCUT2D eigenvalue weighted by Crippen LogP contribution is -1.92. The molecule has 0 unspecified atom stereocenters. The highest BCUT2D eigenvalue weighted by atomic mass is 32.1. The molecule has 1 fully saturated rings. The van der Waals surface area contributed by atoms with E-state index in [-0.39, 0.29) is 5.97 Å². The summed E-state index contributed by atoms with van der Waals surface area (Å²) in [4.78, 5) is 42.2. The van der Waals surface area contributed by atoms with E-state index in [0.29, 0.717) is 0 Å². The van der Waals surface area contributed by atoms with Gasteiger partial charge in [-0.25, -0.2) is 19.6 Å². The zero-order chi connectivity index (χ0) is 32.9. The molecule has 0 amide bonds. The van der Waals surface area contributed by atoms with E-state index in [9.17, 15) is 14.4 Å². The number of hydrogen-bond acceptors (Lipinski definition) is 12. The molecule has 0 spiro atoms. The van der Waals surface area contributed by atoms with Crippen LogP contribution in [0.1, 0.15) is 59.9 Å². The molecule has 0 aliphatic carbocycles. The molecule has 1 aliphatic heterocycles. The van der Waals surface area contributed by atoms with Gasteiger partial charge < -0.3 is 14.2 Å². The summed E-state index contributed by atoms with van der Waals surface area (Å²) in [6, 6.07) is 3.88. The van der Waals surface area contributed by atoms with Crippen LogP contribution in [-0.2, 0) is 23.8 Å². The topological polar surface area (TPSA) is 105 Å². The molecular formula is C33H36N2O6S4. The molecule has 5 heterocycles. The van der Waals surface area contributed by atoms with Gasteiger partial charge in [0.15, 0.2) is 6.29 Å². The van der Waals surface area contributed by atoms with E-state index in [1.54, 1.807) is 51.4 Å². The number of thiazole rings is 2. The maximum Gasteiger partial charge on any atom is 0.330 e. The fourth-order valence-corrected chi connectivity index (χ4v) is 5.81. The van der Waals surface area contributed by atoms with Crippen molar-refractivity contribution in [3.05, 3.63) is 94.7 Å². The predicted molar refractivity (Wildman–Crippen MR) is 189 cm³/mol. The van der Waals surface area contributed by atoms with Gasteiger partial charge in [-0.2, -0.15) is 0 Å². The monoisotopic (exact) mass is 684 g/mol. The number of ether oxygens (including phenoxy) is 3. The number of methoxy groups -OCH3 is 2. The van der Waals surface area contributed by atoms with Crippen molar-refractivity contribution >= 4 is 94.0 Å². The van der Waals surface area contributed by atoms with E-state index in [0.717, 1.165) is 67.9 Å². The van der Waals surface area contributed by atoms with E-state index in [1.807, 2.05) is 71.8 Å². The van der Waals surface area contributed by atoms with Crippen LogP contribution in [0.5, 0.6) is 0 Å². The summed E-state index contributed by atoms with van der Waals surface area (Å²) in [5.74, 6) is -0.740. The van der Waals surface area contributed by atoms with Gasteiger partial charge in [0, 0.05) is 56.8 Å². The fraction of sp³-hybridized carbons (Fsp3) is 0.242. The Hall–Kier alpha value is -3.81. The zero-order valence-corrected chi connectivity index (χ0v) is 28.9. The minimum absolute atomic E-state index is 0.346. The molecule has 238 valence electrons. The Morgan fingerprint density at radius 1 is 0.756 bits per heavy atom. The van der Waals surface area contributed by atoms with E-state index in [4.69, 9.17) is 4.74 Å². The summed E-state index contributed by atoms with van der Waals surface area (Å²) in [6.07, 6.45) is 15.6. The molecule has 0 bridgehead atoms. The van der Waals surface area contributed by atoms with Crippen LogP contribution in [0.25, 0.3) is 30.4 Å². The van der Waals surface area contributed by atoms with Gasteiger partial charge in [-0.1, -0.05) is 6.58 Å². The highest BCUT2D eigenvalue weighted by Crippen LogP contribution is 2.20. The second kappa shape index (κ2) is 21.8. The van der Waals surface area contributed by atoms with Gasteiger partial charge in [0.1, 0.15) is 0 Å². The van der Waals surface area contributed by atoms with Crippen molar-refractivity contribution in [2.75, 3.05) is 27.4 Å². The second-order valence-electron chi connectivity index (χ2n) is 8.84. The van der Waals surface area contributed by atoms with Crippen LogP contribution in [-0.4, -0.2) is 55.6 Å². The minimum Gasteiger partial charge on any atom is -0.466 e. The molecule has 0 aromatic carbocycles. The first-order chi connectivity index (χ1) is 21.8. The normalized spacial score (nSPS) is 12.1. The van der Waals surface area contributed by atoms with Crippen molar-refractivity contribution in [1.82, 2.24) is 9.97 Å². The second-order valence-corrected chi connectivity index (χ2v) is 12.8. The van der Waals surface area contributed by atoms with Crippen LogP contribution in [0.3, 0.4) is 0 Å². The standard InChI is InChI=1S/C14H13NO2S2.C11H9NOS2.C4H6O2.C4H8O/c1-10-15-12(9-18-10)4-5-13-7-11(8-19-13)3-6-14(16)17-2;1-8-12-10(7-14-8)2-3-11-4-9(5-13)6-15-11;1-3-4(5)6-2;1-2-4-5-3-1/h3-9H,1-2H3;2-7H,1H3;3H,1H2,2H3;1-4H2/b5-4?,6-3+;;;. The molecular weight excluding hydrogens is 649 g/mol. The quantitative estimate of drug-likeness (QED) is 0.103. The third kappa shape index (κ3) is 16.2. The van der Waals surface area contributed by atoms with Crippen molar-refractivity contribution < 1.29 is 28.6 Å². The Morgan fingerprint density at radius 2 is 1.27 bits per heavy atom. The van der Waals surface area contributed by atoms with Crippen LogP contribution >= 0.6 is 45.3 Å². The van der Waals surface area contributed by atoms with Crippen molar-refractivity contribution in [2.24, 2.45) is 0 Å². The lowest BCUT2D eigenvalue weighted by atomic mass is 10.2. The summed E-state index contributed by atoms with van der Waals surface area (Å²) in [5, 5.41) is 10.0. The first-order valence-corrected chi connectivity index (χ1v) is 17.1. The maximum atomic E-state index is 11.0. The number of carbonyl (C=O) groups excluding carboxylic acids is 3. The van der Waals surface area contributed by atoms with Crippen molar-refractivity contribution in [3.8, 4) is 0 Å². The Balaban J connectivity index is 0.000000239. The van der Waals surface area contributed by atoms with Gasteiger partial charge in [-0.15, -0.1) is 45.3 Å². The first-order valence-electron chi connectivity index (χ1n) is 13.6. The molecule has 45 heavy (non-hydrogen) atoms. The molecule has 1 saturated heterocycles. The SMILES string of the molecule is C1CCOC1.C=CC(=O)OC.COC(=O)/C=C/c1csc(C=Cc2csc(C)n2)c1.Cc1nc(C=Cc2cc(C=O)cs2)cs1. The van der Waals surface area contributed by atoms with Gasteiger partial charge in [-0.05, 0) is 80.1 Å². The number of aryl methyl sites for hydroxylation is 2. The Bertz CT molecular complexity index is 1560. The Morgan fingerprint density at radius 3 is 1.62 bits per heavy atom. The number of nitrogens with zero attached hydrogens (tertiary/aromatic N) is 2. The van der Waals surface area contributed by atoms with E-state index in [1.165, 1.54) is 33.1 Å². The molecule has 0 atom stereocenters. The molecule has 4 aromatic heterocycles. The average molecular weight is 685 g/mol. The molecule has 4 aromatic rings. The van der Waals surface area contributed by atoms with Crippen molar-refractivity contribution in [1.29, 1.82) is 0 Å². The molecule has 0 N–H and O–H groups in total. The first kappa shape index (κ1) is 37.4. The lowest BCUT2D eigenvalue weighted by molar-refractivity contribution is -0.135. The zero-order valence-electron chi connectivity index (χ0n) is 25.6. The maximum absolute atomic E-state index is 11.0. The molecule has 1 aliphatic rings. The third-order valence-electron chi connectivity index (χ3n) is 5.33. The summed E-state index contributed by atoms with van der Waals surface area (Å²) >= 11 is 6.45. The number of aldehydes is 1. The average Bonchev–Trinajstić information content (AvgIpc) is 3.90. The highest BCUT2D eigenvalue weighted by molar-refractivity contribution is 7.11. The van der Waals surface area contributed by atoms with E-state index < -0.39 is 5.97 Å². The van der Waals surface area contributed by atoms with Crippen molar-refractivity contribution in [2.45, 2.75) is 26.7 Å². The van der Waals surface area contributed by atoms with Gasteiger partial charge in [0.2, 0.25) is 0 Å². The summed E-state index contributed by atoms with van der Waals surface area (Å²) < 4.78 is 13.6. The number of rotatable bonds is 8. The van der Waals surface area contributed by atoms with Gasteiger partial charge in [0.05, 0.1) is 35.6 Å². The minimum atomic E-state index is -0.394. The van der Waals surface area contributed by atoms with Crippen LogP contribution in [0.4, 0.5) is 0 Å². The number of esters is 2. The highest BCUT2D eigenvalue weighted by Gasteiger charge is 1.98. The molecule has 0 saturated carbocycles. The number of hydrogen-bond donors (Lipinski definition) is 0. The van der Waals surface area contributed by atoms with E-state index in [2.05, 4.69) is 26.0 Å².